The van der Waals surface area contributed by atoms with E-state index in [0.29, 0.717) is 6.04 Å². The quantitative estimate of drug-likeness (QED) is 0.913. The van der Waals surface area contributed by atoms with Crippen molar-refractivity contribution in [2.75, 3.05) is 0 Å². The van der Waals surface area contributed by atoms with E-state index in [1.165, 1.54) is 29.8 Å². The first-order chi connectivity index (χ1) is 10.2. The minimum absolute atomic E-state index is 0.360. The summed E-state index contributed by atoms with van der Waals surface area (Å²) in [5.41, 5.74) is 3.82. The Hall–Kier alpha value is -1.75. The molecule has 0 bridgehead atoms. The third-order valence-electron chi connectivity index (χ3n) is 4.09. The number of nitrogens with zero attached hydrogens (tertiary/aromatic N) is 4. The van der Waals surface area contributed by atoms with Gasteiger partial charge < -0.3 is 9.88 Å². The Morgan fingerprint density at radius 3 is 2.95 bits per heavy atom. The van der Waals surface area contributed by atoms with E-state index in [0.717, 1.165) is 31.8 Å². The van der Waals surface area contributed by atoms with Gasteiger partial charge in [0.2, 0.25) is 0 Å². The summed E-state index contributed by atoms with van der Waals surface area (Å²) in [5, 5.41) is 3.50. The van der Waals surface area contributed by atoms with Gasteiger partial charge in [-0.25, -0.2) is 15.0 Å². The molecule has 0 amide bonds. The maximum atomic E-state index is 4.75. The number of fused-ring (bicyclic) bond motifs is 1. The Bertz CT molecular complexity index is 591. The van der Waals surface area contributed by atoms with Crippen molar-refractivity contribution in [3.63, 3.8) is 0 Å². The second-order valence-corrected chi connectivity index (χ2v) is 5.90. The van der Waals surface area contributed by atoms with Crippen LogP contribution in [-0.2, 0) is 25.9 Å². The van der Waals surface area contributed by atoms with Gasteiger partial charge >= 0.3 is 0 Å². The average Bonchev–Trinajstić information content (AvgIpc) is 2.98. The Morgan fingerprint density at radius 1 is 1.29 bits per heavy atom. The van der Waals surface area contributed by atoms with Crippen LogP contribution in [0.2, 0.25) is 0 Å². The summed E-state index contributed by atoms with van der Waals surface area (Å²) in [6.45, 7) is 5.92. The van der Waals surface area contributed by atoms with Gasteiger partial charge in [-0.1, -0.05) is 0 Å². The summed E-state index contributed by atoms with van der Waals surface area (Å²) in [5.74, 6) is 0.922. The van der Waals surface area contributed by atoms with Crippen molar-refractivity contribution in [2.24, 2.45) is 0 Å². The second kappa shape index (κ2) is 6.35. The van der Waals surface area contributed by atoms with Gasteiger partial charge in [0, 0.05) is 36.4 Å². The molecule has 3 rings (SSSR count). The van der Waals surface area contributed by atoms with Crippen LogP contribution in [0.25, 0.3) is 0 Å². The van der Waals surface area contributed by atoms with Crippen LogP contribution < -0.4 is 5.32 Å². The van der Waals surface area contributed by atoms with Crippen molar-refractivity contribution in [2.45, 2.75) is 58.7 Å². The monoisotopic (exact) mass is 285 g/mol. The number of hydrogen-bond donors (Lipinski definition) is 1. The van der Waals surface area contributed by atoms with Crippen molar-refractivity contribution in [3.05, 3.63) is 41.5 Å². The van der Waals surface area contributed by atoms with Crippen molar-refractivity contribution < 1.29 is 0 Å². The molecule has 2 aromatic rings. The van der Waals surface area contributed by atoms with Crippen LogP contribution in [0.15, 0.2) is 18.7 Å². The van der Waals surface area contributed by atoms with Crippen molar-refractivity contribution >= 4 is 0 Å². The fourth-order valence-electron chi connectivity index (χ4n) is 2.96. The third-order valence-corrected chi connectivity index (χ3v) is 4.09. The molecule has 1 aliphatic rings. The molecule has 21 heavy (non-hydrogen) atoms. The highest BCUT2D eigenvalue weighted by atomic mass is 15.1. The van der Waals surface area contributed by atoms with E-state index in [2.05, 4.69) is 33.7 Å². The maximum Gasteiger partial charge on any atom is 0.142 e. The zero-order valence-electron chi connectivity index (χ0n) is 12.8. The molecule has 2 heterocycles. The first-order valence-corrected chi connectivity index (χ1v) is 7.77. The van der Waals surface area contributed by atoms with E-state index in [1.54, 1.807) is 0 Å². The lowest BCUT2D eigenvalue weighted by atomic mass is 9.95. The predicted octanol–water partition coefficient (Wildman–Crippen LogP) is 2.04. The lowest BCUT2D eigenvalue weighted by molar-refractivity contribution is 0.467. The van der Waals surface area contributed by atoms with Crippen LogP contribution in [0.4, 0.5) is 0 Å². The summed E-state index contributed by atoms with van der Waals surface area (Å²) in [4.78, 5) is 13.5. The van der Waals surface area contributed by atoms with E-state index in [-0.39, 0.29) is 0 Å². The van der Waals surface area contributed by atoms with E-state index >= 15 is 0 Å². The van der Waals surface area contributed by atoms with Gasteiger partial charge in [0.15, 0.2) is 0 Å². The van der Waals surface area contributed by atoms with Crippen molar-refractivity contribution in [3.8, 4) is 0 Å². The number of rotatable bonds is 5. The Balaban J connectivity index is 1.61. The fourth-order valence-corrected chi connectivity index (χ4v) is 2.96. The number of aromatic nitrogens is 4. The van der Waals surface area contributed by atoms with Gasteiger partial charge in [0.25, 0.3) is 0 Å². The van der Waals surface area contributed by atoms with E-state index in [1.807, 2.05) is 18.7 Å². The minimum Gasteiger partial charge on any atom is -0.336 e. The molecule has 112 valence electrons. The summed E-state index contributed by atoms with van der Waals surface area (Å²) >= 11 is 0. The number of hydrogen-bond acceptors (Lipinski definition) is 4. The van der Waals surface area contributed by atoms with Gasteiger partial charge in [-0.3, -0.25) is 0 Å². The third kappa shape index (κ3) is 3.47. The van der Waals surface area contributed by atoms with Crippen LogP contribution in [0.1, 0.15) is 42.5 Å². The molecule has 5 nitrogen and oxygen atoms in total. The largest absolute Gasteiger partial charge is 0.336 e. The molecule has 0 aromatic carbocycles. The molecule has 0 aliphatic heterocycles. The van der Waals surface area contributed by atoms with Gasteiger partial charge in [0.1, 0.15) is 5.82 Å². The molecule has 0 saturated carbocycles. The Labute approximate surface area is 125 Å². The SMILES string of the molecule is Cc1nc(CNC(C)Cn2ccnc2)nc2c1CCCC2. The zero-order chi connectivity index (χ0) is 14.7. The molecule has 2 aromatic heterocycles. The van der Waals surface area contributed by atoms with Crippen LogP contribution >= 0.6 is 0 Å². The van der Waals surface area contributed by atoms with Crippen LogP contribution in [-0.4, -0.2) is 25.6 Å². The fraction of sp³-hybridized carbons (Fsp3) is 0.562. The van der Waals surface area contributed by atoms with Gasteiger partial charge in [-0.05, 0) is 45.1 Å². The van der Waals surface area contributed by atoms with Gasteiger partial charge in [-0.15, -0.1) is 0 Å². The molecule has 0 radical (unpaired) electrons. The number of aryl methyl sites for hydroxylation is 2. The topological polar surface area (TPSA) is 55.6 Å². The second-order valence-electron chi connectivity index (χ2n) is 5.90. The highest BCUT2D eigenvalue weighted by Gasteiger charge is 2.15. The number of nitrogens with one attached hydrogen (secondary N) is 1. The molecule has 1 atom stereocenters. The Kier molecular flexibility index (Phi) is 4.29. The first-order valence-electron chi connectivity index (χ1n) is 7.77. The standard InChI is InChI=1S/C16H23N5/c1-12(10-21-8-7-17-11-21)18-9-16-19-13(2)14-5-3-4-6-15(14)20-16/h7-8,11-12,18H,3-6,9-10H2,1-2H3. The first kappa shape index (κ1) is 14.2. The lowest BCUT2D eigenvalue weighted by Gasteiger charge is -2.19. The van der Waals surface area contributed by atoms with Crippen LogP contribution in [0.3, 0.4) is 0 Å². The van der Waals surface area contributed by atoms with Gasteiger partial charge in [-0.2, -0.15) is 0 Å². The van der Waals surface area contributed by atoms with Crippen molar-refractivity contribution in [1.29, 1.82) is 0 Å². The molecule has 5 heteroatoms. The molecule has 0 saturated heterocycles. The predicted molar refractivity (Wildman–Crippen MR) is 81.9 cm³/mol. The molecule has 1 N–H and O–H groups in total. The molecular weight excluding hydrogens is 262 g/mol. The summed E-state index contributed by atoms with van der Waals surface area (Å²) in [6, 6.07) is 0.360. The highest BCUT2D eigenvalue weighted by Crippen LogP contribution is 2.21. The number of imidazole rings is 1. The minimum atomic E-state index is 0.360. The molecule has 0 fully saturated rings. The molecule has 0 spiro atoms. The van der Waals surface area contributed by atoms with Crippen LogP contribution in [0.5, 0.6) is 0 Å². The van der Waals surface area contributed by atoms with E-state index in [9.17, 15) is 0 Å². The summed E-state index contributed by atoms with van der Waals surface area (Å²) < 4.78 is 2.08. The van der Waals surface area contributed by atoms with Gasteiger partial charge in [0.05, 0.1) is 12.9 Å². The molecule has 1 unspecified atom stereocenters. The van der Waals surface area contributed by atoms with Crippen molar-refractivity contribution in [1.82, 2.24) is 24.8 Å². The smallest absolute Gasteiger partial charge is 0.142 e. The van der Waals surface area contributed by atoms with E-state index < -0.39 is 0 Å². The summed E-state index contributed by atoms with van der Waals surface area (Å²) in [6.07, 6.45) is 10.4. The normalized spacial score (nSPS) is 15.7. The molecular formula is C16H23N5. The molecule has 1 aliphatic carbocycles. The van der Waals surface area contributed by atoms with Crippen LogP contribution in [0, 0.1) is 6.92 Å². The lowest BCUT2D eigenvalue weighted by Crippen LogP contribution is -2.30. The average molecular weight is 285 g/mol. The highest BCUT2D eigenvalue weighted by molar-refractivity contribution is 5.27. The summed E-state index contributed by atoms with van der Waals surface area (Å²) in [7, 11) is 0. The zero-order valence-corrected chi connectivity index (χ0v) is 12.8. The maximum absolute atomic E-state index is 4.75. The van der Waals surface area contributed by atoms with E-state index in [4.69, 9.17) is 4.98 Å². The Morgan fingerprint density at radius 2 is 2.14 bits per heavy atom.